The molecule has 1 amide bonds. The number of nitrogens with zero attached hydrogens (tertiary/aromatic N) is 3. The van der Waals surface area contributed by atoms with Crippen LogP contribution in [-0.2, 0) is 0 Å². The minimum atomic E-state index is -0.554. The summed E-state index contributed by atoms with van der Waals surface area (Å²) in [6.45, 7) is 4.46. The highest BCUT2D eigenvalue weighted by molar-refractivity contribution is 5.99. The van der Waals surface area contributed by atoms with Gasteiger partial charge in [-0.25, -0.2) is 4.98 Å². The van der Waals surface area contributed by atoms with E-state index in [1.165, 1.54) is 12.3 Å². The molecular weight excluding hydrogens is 230 g/mol. The minimum Gasteiger partial charge on any atom is -0.384 e. The number of nitriles is 1. The van der Waals surface area contributed by atoms with Gasteiger partial charge in [-0.05, 0) is 19.9 Å². The molecule has 0 bridgehead atoms. The Labute approximate surface area is 106 Å². The van der Waals surface area contributed by atoms with E-state index >= 15 is 0 Å². The third-order valence-electron chi connectivity index (χ3n) is 2.57. The molecule has 96 valence electrons. The first kappa shape index (κ1) is 13.8. The molecule has 0 aromatic carbocycles. The van der Waals surface area contributed by atoms with Crippen LogP contribution in [0, 0.1) is 11.3 Å². The predicted octanol–water partition coefficient (Wildman–Crippen LogP) is 0.891. The molecule has 1 aromatic rings. The molecule has 6 heteroatoms. The molecule has 4 N–H and O–H groups in total. The fourth-order valence-electron chi connectivity index (χ4n) is 1.72. The van der Waals surface area contributed by atoms with Crippen molar-refractivity contribution in [3.05, 3.63) is 17.8 Å². The zero-order valence-corrected chi connectivity index (χ0v) is 10.6. The highest BCUT2D eigenvalue weighted by Crippen LogP contribution is 2.23. The number of pyridine rings is 1. The van der Waals surface area contributed by atoms with Crippen LogP contribution in [0.2, 0.25) is 0 Å². The third kappa shape index (κ3) is 3.10. The summed E-state index contributed by atoms with van der Waals surface area (Å²) in [6, 6.07) is 3.66. The summed E-state index contributed by atoms with van der Waals surface area (Å²) < 4.78 is 0. The summed E-state index contributed by atoms with van der Waals surface area (Å²) in [7, 11) is 0. The molecule has 0 unspecified atom stereocenters. The summed E-state index contributed by atoms with van der Waals surface area (Å²) in [4.78, 5) is 17.3. The van der Waals surface area contributed by atoms with Crippen LogP contribution < -0.4 is 16.4 Å². The van der Waals surface area contributed by atoms with Crippen molar-refractivity contribution in [1.29, 1.82) is 5.26 Å². The van der Waals surface area contributed by atoms with Gasteiger partial charge in [-0.15, -0.1) is 0 Å². The van der Waals surface area contributed by atoms with Crippen LogP contribution >= 0.6 is 0 Å². The van der Waals surface area contributed by atoms with E-state index < -0.39 is 5.91 Å². The standard InChI is InChI=1S/C12H17N5O/c1-8(2)17(5-3-4-13)10-7-16-11(14)6-9(10)12(15)18/h6-8H,3,5H2,1-2H3,(H2,14,16)(H2,15,18). The first-order chi connectivity index (χ1) is 8.47. The van der Waals surface area contributed by atoms with Crippen LogP contribution in [0.1, 0.15) is 30.6 Å². The fourth-order valence-corrected chi connectivity index (χ4v) is 1.72. The van der Waals surface area contributed by atoms with Gasteiger partial charge in [0.25, 0.3) is 5.91 Å². The lowest BCUT2D eigenvalue weighted by atomic mass is 10.1. The van der Waals surface area contributed by atoms with E-state index in [2.05, 4.69) is 11.1 Å². The molecule has 0 aliphatic carbocycles. The minimum absolute atomic E-state index is 0.127. The van der Waals surface area contributed by atoms with Gasteiger partial charge in [-0.2, -0.15) is 5.26 Å². The van der Waals surface area contributed by atoms with Gasteiger partial charge in [-0.1, -0.05) is 0 Å². The number of nitrogen functional groups attached to an aromatic ring is 1. The molecule has 0 atom stereocenters. The van der Waals surface area contributed by atoms with Gasteiger partial charge in [-0.3, -0.25) is 4.79 Å². The molecule has 0 aliphatic heterocycles. The first-order valence-corrected chi connectivity index (χ1v) is 5.66. The largest absolute Gasteiger partial charge is 0.384 e. The predicted molar refractivity (Wildman–Crippen MR) is 69.9 cm³/mol. The molecule has 1 heterocycles. The van der Waals surface area contributed by atoms with Crippen LogP contribution in [0.25, 0.3) is 0 Å². The van der Waals surface area contributed by atoms with Crippen molar-refractivity contribution in [2.45, 2.75) is 26.3 Å². The van der Waals surface area contributed by atoms with E-state index in [0.717, 1.165) is 0 Å². The molecule has 18 heavy (non-hydrogen) atoms. The van der Waals surface area contributed by atoms with Gasteiger partial charge >= 0.3 is 0 Å². The second kappa shape index (κ2) is 5.87. The Morgan fingerprint density at radius 2 is 2.28 bits per heavy atom. The maximum absolute atomic E-state index is 11.4. The zero-order chi connectivity index (χ0) is 13.7. The van der Waals surface area contributed by atoms with Crippen molar-refractivity contribution in [2.75, 3.05) is 17.2 Å². The lowest BCUT2D eigenvalue weighted by Gasteiger charge is -2.29. The van der Waals surface area contributed by atoms with E-state index in [-0.39, 0.29) is 11.9 Å². The molecule has 1 aromatic heterocycles. The van der Waals surface area contributed by atoms with E-state index in [1.54, 1.807) is 0 Å². The van der Waals surface area contributed by atoms with Crippen molar-refractivity contribution >= 4 is 17.4 Å². The van der Waals surface area contributed by atoms with E-state index in [9.17, 15) is 4.79 Å². The van der Waals surface area contributed by atoms with Crippen molar-refractivity contribution in [2.24, 2.45) is 5.73 Å². The third-order valence-corrected chi connectivity index (χ3v) is 2.57. The summed E-state index contributed by atoms with van der Waals surface area (Å²) in [5.74, 6) is -0.307. The van der Waals surface area contributed by atoms with Gasteiger partial charge < -0.3 is 16.4 Å². The number of nitrogens with two attached hydrogens (primary N) is 2. The van der Waals surface area contributed by atoms with Crippen LogP contribution in [0.5, 0.6) is 0 Å². The van der Waals surface area contributed by atoms with Gasteiger partial charge in [0, 0.05) is 12.6 Å². The number of anilines is 2. The Kier molecular flexibility index (Phi) is 4.49. The Hall–Kier alpha value is -2.29. The van der Waals surface area contributed by atoms with Crippen molar-refractivity contribution in [1.82, 2.24) is 4.98 Å². The molecule has 0 spiro atoms. The van der Waals surface area contributed by atoms with Crippen molar-refractivity contribution in [3.63, 3.8) is 0 Å². The number of carbonyl (C=O) groups excluding carboxylic acids is 1. The van der Waals surface area contributed by atoms with Crippen molar-refractivity contribution < 1.29 is 4.79 Å². The number of aromatic nitrogens is 1. The van der Waals surface area contributed by atoms with Crippen LogP contribution in [0.3, 0.4) is 0 Å². The van der Waals surface area contributed by atoms with E-state index in [0.29, 0.717) is 24.2 Å². The summed E-state index contributed by atoms with van der Waals surface area (Å²) in [6.07, 6.45) is 1.88. The normalized spacial score (nSPS) is 10.1. The quantitative estimate of drug-likeness (QED) is 0.803. The molecule has 0 saturated heterocycles. The van der Waals surface area contributed by atoms with Gasteiger partial charge in [0.15, 0.2) is 0 Å². The number of primary amides is 1. The molecule has 6 nitrogen and oxygen atoms in total. The van der Waals surface area contributed by atoms with E-state index in [4.69, 9.17) is 16.7 Å². The number of amides is 1. The van der Waals surface area contributed by atoms with Crippen LogP contribution in [-0.4, -0.2) is 23.5 Å². The molecule has 1 rings (SSSR count). The lowest BCUT2D eigenvalue weighted by Crippen LogP contribution is -2.33. The molecule has 0 saturated carbocycles. The number of carbonyl (C=O) groups is 1. The van der Waals surface area contributed by atoms with Gasteiger partial charge in [0.2, 0.25) is 0 Å². The van der Waals surface area contributed by atoms with Crippen LogP contribution in [0.4, 0.5) is 11.5 Å². The fraction of sp³-hybridized carbons (Fsp3) is 0.417. The smallest absolute Gasteiger partial charge is 0.251 e. The first-order valence-electron chi connectivity index (χ1n) is 5.66. The monoisotopic (exact) mass is 247 g/mol. The second-order valence-corrected chi connectivity index (χ2v) is 4.19. The topological polar surface area (TPSA) is 109 Å². The summed E-state index contributed by atoms with van der Waals surface area (Å²) >= 11 is 0. The Morgan fingerprint density at radius 3 is 2.78 bits per heavy atom. The second-order valence-electron chi connectivity index (χ2n) is 4.19. The highest BCUT2D eigenvalue weighted by atomic mass is 16.1. The Balaban J connectivity index is 3.19. The van der Waals surface area contributed by atoms with E-state index in [1.807, 2.05) is 18.7 Å². The molecule has 0 fully saturated rings. The van der Waals surface area contributed by atoms with Gasteiger partial charge in [0.1, 0.15) is 5.82 Å². The van der Waals surface area contributed by atoms with Gasteiger partial charge in [0.05, 0.1) is 29.9 Å². The zero-order valence-electron chi connectivity index (χ0n) is 10.6. The Morgan fingerprint density at radius 1 is 1.61 bits per heavy atom. The maximum atomic E-state index is 11.4. The summed E-state index contributed by atoms with van der Waals surface area (Å²) in [5.41, 5.74) is 11.8. The maximum Gasteiger partial charge on any atom is 0.251 e. The number of hydrogen-bond donors (Lipinski definition) is 2. The number of rotatable bonds is 5. The Bertz CT molecular complexity index is 478. The summed E-state index contributed by atoms with van der Waals surface area (Å²) in [5, 5.41) is 8.66. The molecule has 0 aliphatic rings. The highest BCUT2D eigenvalue weighted by Gasteiger charge is 2.18. The average molecular weight is 247 g/mol. The lowest BCUT2D eigenvalue weighted by molar-refractivity contribution is 0.100. The number of hydrogen-bond acceptors (Lipinski definition) is 5. The molecular formula is C12H17N5O. The van der Waals surface area contributed by atoms with Crippen LogP contribution in [0.15, 0.2) is 12.3 Å². The average Bonchev–Trinajstić information content (AvgIpc) is 2.30. The van der Waals surface area contributed by atoms with Crippen molar-refractivity contribution in [3.8, 4) is 6.07 Å². The SMILES string of the molecule is CC(C)N(CCC#N)c1cnc(N)cc1C(N)=O. The molecule has 0 radical (unpaired) electrons.